The van der Waals surface area contributed by atoms with Gasteiger partial charge in [-0.2, -0.15) is 5.10 Å². The zero-order chi connectivity index (χ0) is 14.0. The van der Waals surface area contributed by atoms with Crippen molar-refractivity contribution in [3.8, 4) is 0 Å². The van der Waals surface area contributed by atoms with Crippen molar-refractivity contribution >= 4 is 5.96 Å². The Morgan fingerprint density at radius 3 is 2.79 bits per heavy atom. The molecule has 2 rings (SSSR count). The van der Waals surface area contributed by atoms with Crippen LogP contribution in [-0.4, -0.2) is 41.3 Å². The van der Waals surface area contributed by atoms with Gasteiger partial charge in [0, 0.05) is 46.0 Å². The molecule has 1 atom stereocenters. The minimum absolute atomic E-state index is 0.508. The van der Waals surface area contributed by atoms with Crippen LogP contribution in [0.25, 0.3) is 0 Å². The molecule has 0 spiro atoms. The number of nitrogens with zero attached hydrogens (tertiary/aromatic N) is 4. The minimum atomic E-state index is 0.508. The topological polar surface area (TPSA) is 45.5 Å². The molecule has 1 aliphatic carbocycles. The Labute approximate surface area is 115 Å². The van der Waals surface area contributed by atoms with Gasteiger partial charge in [-0.1, -0.05) is 13.8 Å². The van der Waals surface area contributed by atoms with Gasteiger partial charge in [0.05, 0.1) is 6.20 Å². The van der Waals surface area contributed by atoms with Gasteiger partial charge >= 0.3 is 0 Å². The Hall–Kier alpha value is -1.52. The fourth-order valence-corrected chi connectivity index (χ4v) is 2.43. The summed E-state index contributed by atoms with van der Waals surface area (Å²) in [5, 5.41) is 7.65. The molecule has 0 amide bonds. The molecule has 1 N–H and O–H groups in total. The quantitative estimate of drug-likeness (QED) is 0.661. The van der Waals surface area contributed by atoms with Gasteiger partial charge < -0.3 is 10.2 Å². The molecule has 19 heavy (non-hydrogen) atoms. The van der Waals surface area contributed by atoms with E-state index in [1.54, 1.807) is 0 Å². The Morgan fingerprint density at radius 1 is 1.63 bits per heavy atom. The molecule has 5 heteroatoms. The molecule has 1 aliphatic rings. The molecule has 0 aromatic carbocycles. The molecule has 1 aromatic heterocycles. The predicted octanol–water partition coefficient (Wildman–Crippen LogP) is 1.47. The lowest BCUT2D eigenvalue weighted by atomic mass is 10.1. The van der Waals surface area contributed by atoms with Crippen molar-refractivity contribution < 1.29 is 0 Å². The third-order valence-electron chi connectivity index (χ3n) is 3.98. The predicted molar refractivity (Wildman–Crippen MR) is 77.9 cm³/mol. The summed E-state index contributed by atoms with van der Waals surface area (Å²) < 4.78 is 1.83. The molecule has 0 bridgehead atoms. The Morgan fingerprint density at radius 2 is 2.32 bits per heavy atom. The van der Waals surface area contributed by atoms with Crippen LogP contribution in [0.5, 0.6) is 0 Å². The number of aryl methyl sites for hydroxylation is 1. The van der Waals surface area contributed by atoms with Crippen LogP contribution in [0.4, 0.5) is 0 Å². The summed E-state index contributed by atoms with van der Waals surface area (Å²) in [5.41, 5.74) is 1.70. The van der Waals surface area contributed by atoms with Gasteiger partial charge in [0.15, 0.2) is 5.96 Å². The summed E-state index contributed by atoms with van der Waals surface area (Å²) in [7, 11) is 5.83. The first-order valence-electron chi connectivity index (χ1n) is 6.81. The van der Waals surface area contributed by atoms with Crippen LogP contribution in [0.3, 0.4) is 0 Å². The van der Waals surface area contributed by atoms with E-state index in [0.717, 1.165) is 25.0 Å². The first-order valence-corrected chi connectivity index (χ1v) is 6.81. The minimum Gasteiger partial charge on any atom is -0.356 e. The molecule has 1 fully saturated rings. The van der Waals surface area contributed by atoms with E-state index in [2.05, 4.69) is 41.2 Å². The zero-order valence-electron chi connectivity index (χ0n) is 12.6. The SMILES string of the molecule is CN=C(NCC1CC1(C)C)N(C)Cc1cnn(C)c1. The van der Waals surface area contributed by atoms with Crippen LogP contribution in [0.15, 0.2) is 17.4 Å². The summed E-state index contributed by atoms with van der Waals surface area (Å²) in [4.78, 5) is 6.47. The largest absolute Gasteiger partial charge is 0.356 e. The van der Waals surface area contributed by atoms with Crippen LogP contribution in [-0.2, 0) is 13.6 Å². The number of aromatic nitrogens is 2. The zero-order valence-corrected chi connectivity index (χ0v) is 12.6. The molecular weight excluding hydrogens is 238 g/mol. The van der Waals surface area contributed by atoms with E-state index in [9.17, 15) is 0 Å². The van der Waals surface area contributed by atoms with Crippen molar-refractivity contribution in [1.29, 1.82) is 0 Å². The van der Waals surface area contributed by atoms with Crippen LogP contribution in [0.1, 0.15) is 25.8 Å². The van der Waals surface area contributed by atoms with Crippen molar-refractivity contribution in [2.24, 2.45) is 23.4 Å². The van der Waals surface area contributed by atoms with Crippen LogP contribution < -0.4 is 5.32 Å². The Bertz CT molecular complexity index is 460. The highest BCUT2D eigenvalue weighted by molar-refractivity contribution is 5.79. The van der Waals surface area contributed by atoms with E-state index in [-0.39, 0.29) is 0 Å². The Kier molecular flexibility index (Phi) is 3.83. The van der Waals surface area contributed by atoms with E-state index in [4.69, 9.17) is 0 Å². The molecule has 0 saturated heterocycles. The van der Waals surface area contributed by atoms with Crippen LogP contribution in [0, 0.1) is 11.3 Å². The first-order chi connectivity index (χ1) is 8.92. The molecule has 5 nitrogen and oxygen atoms in total. The third-order valence-corrected chi connectivity index (χ3v) is 3.98. The van der Waals surface area contributed by atoms with Crippen molar-refractivity contribution in [1.82, 2.24) is 20.0 Å². The lowest BCUT2D eigenvalue weighted by Crippen LogP contribution is -2.39. The number of hydrogen-bond donors (Lipinski definition) is 1. The van der Waals surface area contributed by atoms with Crippen LogP contribution in [0.2, 0.25) is 0 Å². The average Bonchev–Trinajstić information content (AvgIpc) is 2.74. The molecule has 106 valence electrons. The van der Waals surface area contributed by atoms with Gasteiger partial charge in [0.1, 0.15) is 0 Å². The summed E-state index contributed by atoms with van der Waals surface area (Å²) in [6, 6.07) is 0. The lowest BCUT2D eigenvalue weighted by molar-refractivity contribution is 0.466. The van der Waals surface area contributed by atoms with Crippen molar-refractivity contribution in [2.75, 3.05) is 20.6 Å². The summed E-state index contributed by atoms with van der Waals surface area (Å²) >= 11 is 0. The normalized spacial score (nSPS) is 21.3. The standard InChI is InChI=1S/C14H25N5/c1-14(2)6-12(14)8-16-13(15-3)18(4)9-11-7-17-19(5)10-11/h7,10,12H,6,8-9H2,1-5H3,(H,15,16). The third kappa shape index (κ3) is 3.49. The molecule has 1 heterocycles. The number of rotatable bonds is 4. The molecule has 0 aliphatic heterocycles. The number of hydrogen-bond acceptors (Lipinski definition) is 2. The summed E-state index contributed by atoms with van der Waals surface area (Å²) in [6.07, 6.45) is 5.24. The second kappa shape index (κ2) is 5.23. The van der Waals surface area contributed by atoms with Gasteiger partial charge in [0.25, 0.3) is 0 Å². The molecule has 1 aromatic rings. The lowest BCUT2D eigenvalue weighted by Gasteiger charge is -2.21. The highest BCUT2D eigenvalue weighted by Gasteiger charge is 2.45. The average molecular weight is 263 g/mol. The maximum absolute atomic E-state index is 4.34. The highest BCUT2D eigenvalue weighted by Crippen LogP contribution is 2.50. The smallest absolute Gasteiger partial charge is 0.193 e. The van der Waals surface area contributed by atoms with Gasteiger partial charge in [-0.05, 0) is 17.8 Å². The number of aliphatic imine (C=N–C) groups is 1. The van der Waals surface area contributed by atoms with E-state index in [1.165, 1.54) is 12.0 Å². The summed E-state index contributed by atoms with van der Waals surface area (Å²) in [6.45, 7) is 6.47. The molecule has 1 unspecified atom stereocenters. The molecule has 0 radical (unpaired) electrons. The fourth-order valence-electron chi connectivity index (χ4n) is 2.43. The van der Waals surface area contributed by atoms with E-state index < -0.39 is 0 Å². The van der Waals surface area contributed by atoms with Crippen molar-refractivity contribution in [2.45, 2.75) is 26.8 Å². The molecule has 1 saturated carbocycles. The van der Waals surface area contributed by atoms with Crippen molar-refractivity contribution in [3.63, 3.8) is 0 Å². The van der Waals surface area contributed by atoms with Crippen molar-refractivity contribution in [3.05, 3.63) is 18.0 Å². The number of guanidine groups is 1. The Balaban J connectivity index is 1.83. The second-order valence-electron chi connectivity index (χ2n) is 6.20. The number of nitrogens with one attached hydrogen (secondary N) is 1. The van der Waals surface area contributed by atoms with Gasteiger partial charge in [-0.25, -0.2) is 0 Å². The van der Waals surface area contributed by atoms with E-state index in [0.29, 0.717) is 5.41 Å². The second-order valence-corrected chi connectivity index (χ2v) is 6.20. The van der Waals surface area contributed by atoms with Crippen LogP contribution >= 0.6 is 0 Å². The maximum Gasteiger partial charge on any atom is 0.193 e. The monoisotopic (exact) mass is 263 g/mol. The first kappa shape index (κ1) is 13.9. The molecular formula is C14H25N5. The van der Waals surface area contributed by atoms with Gasteiger partial charge in [-0.15, -0.1) is 0 Å². The highest BCUT2D eigenvalue weighted by atomic mass is 15.3. The van der Waals surface area contributed by atoms with E-state index in [1.807, 2.05) is 31.2 Å². The summed E-state index contributed by atoms with van der Waals surface area (Å²) in [5.74, 6) is 1.72. The van der Waals surface area contributed by atoms with E-state index >= 15 is 0 Å². The van der Waals surface area contributed by atoms with Gasteiger partial charge in [0.2, 0.25) is 0 Å². The fraction of sp³-hybridized carbons (Fsp3) is 0.714. The maximum atomic E-state index is 4.34. The van der Waals surface area contributed by atoms with Gasteiger partial charge in [-0.3, -0.25) is 9.67 Å².